The molecule has 4 heterocycles. The molecule has 0 aromatic carbocycles. The van der Waals surface area contributed by atoms with Crippen molar-refractivity contribution in [3.8, 4) is 5.75 Å². The molecule has 0 bridgehead atoms. The van der Waals surface area contributed by atoms with Crippen LogP contribution in [0, 0.1) is 5.41 Å². The zero-order valence-electron chi connectivity index (χ0n) is 22.0. The van der Waals surface area contributed by atoms with Gasteiger partial charge in [0.2, 0.25) is 0 Å². The first kappa shape index (κ1) is 25.5. The molecule has 1 aliphatic carbocycles. The van der Waals surface area contributed by atoms with Gasteiger partial charge in [-0.25, -0.2) is 9.97 Å². The summed E-state index contributed by atoms with van der Waals surface area (Å²) in [6.45, 7) is 8.28. The number of piperidine rings is 1. The Hall–Kier alpha value is -3.11. The molecule has 1 amide bonds. The summed E-state index contributed by atoms with van der Waals surface area (Å²) in [6, 6.07) is 7.20. The molecule has 3 aliphatic rings. The van der Waals surface area contributed by atoms with Gasteiger partial charge in [-0.05, 0) is 57.1 Å². The summed E-state index contributed by atoms with van der Waals surface area (Å²) in [6.07, 6.45) is 4.85. The summed E-state index contributed by atoms with van der Waals surface area (Å²) in [5, 5.41) is 16.0. The summed E-state index contributed by atoms with van der Waals surface area (Å²) in [5.41, 5.74) is 0.472. The molecule has 5 rings (SSSR count). The lowest BCUT2D eigenvalue weighted by molar-refractivity contribution is 0.102. The molecule has 10 heteroatoms. The summed E-state index contributed by atoms with van der Waals surface area (Å²) in [4.78, 5) is 27.5. The lowest BCUT2D eigenvalue weighted by atomic mass is 9.93. The zero-order valence-corrected chi connectivity index (χ0v) is 22.0. The van der Waals surface area contributed by atoms with E-state index in [9.17, 15) is 9.90 Å². The predicted molar refractivity (Wildman–Crippen MR) is 144 cm³/mol. The predicted octanol–water partition coefficient (Wildman–Crippen LogP) is 3.14. The van der Waals surface area contributed by atoms with Crippen LogP contribution in [0.4, 0.5) is 23.3 Å². The van der Waals surface area contributed by atoms with Gasteiger partial charge in [0.15, 0.2) is 0 Å². The zero-order chi connectivity index (χ0) is 26.0. The van der Waals surface area contributed by atoms with Gasteiger partial charge < -0.3 is 35.0 Å². The summed E-state index contributed by atoms with van der Waals surface area (Å²) in [7, 11) is 1.61. The number of hydrogen-bond acceptors (Lipinski definition) is 9. The molecule has 2 aromatic rings. The Morgan fingerprint density at radius 1 is 1.05 bits per heavy atom. The second-order valence-corrected chi connectivity index (χ2v) is 11.0. The van der Waals surface area contributed by atoms with E-state index in [2.05, 4.69) is 20.4 Å². The van der Waals surface area contributed by atoms with Gasteiger partial charge in [0.25, 0.3) is 5.91 Å². The van der Waals surface area contributed by atoms with Crippen molar-refractivity contribution in [3.05, 3.63) is 29.8 Å². The number of ether oxygens (including phenoxy) is 2. The van der Waals surface area contributed by atoms with Crippen molar-refractivity contribution in [1.82, 2.24) is 9.97 Å². The third kappa shape index (κ3) is 5.91. The van der Waals surface area contributed by atoms with Gasteiger partial charge in [-0.1, -0.05) is 0 Å². The molecule has 2 aliphatic heterocycles. The van der Waals surface area contributed by atoms with E-state index in [-0.39, 0.29) is 12.5 Å². The number of amides is 1. The van der Waals surface area contributed by atoms with Crippen LogP contribution in [0.25, 0.3) is 0 Å². The highest BCUT2D eigenvalue weighted by atomic mass is 16.5. The number of anilines is 4. The lowest BCUT2D eigenvalue weighted by Crippen LogP contribution is -2.38. The van der Waals surface area contributed by atoms with Crippen molar-refractivity contribution < 1.29 is 19.4 Å². The highest BCUT2D eigenvalue weighted by Crippen LogP contribution is 2.54. The third-order valence-electron chi connectivity index (χ3n) is 7.66. The minimum Gasteiger partial charge on any atom is -0.496 e. The average Bonchev–Trinajstić information content (AvgIpc) is 3.67. The number of pyridine rings is 2. The number of nitrogens with one attached hydrogen (secondary N) is 2. The fraction of sp³-hybridized carbons (Fsp3) is 0.593. The molecule has 10 nitrogen and oxygen atoms in total. The topological polar surface area (TPSA) is 112 Å². The Kier molecular flexibility index (Phi) is 7.13. The van der Waals surface area contributed by atoms with Crippen molar-refractivity contribution in [2.45, 2.75) is 45.1 Å². The van der Waals surface area contributed by atoms with Gasteiger partial charge >= 0.3 is 0 Å². The number of carbonyl (C=O) groups is 1. The van der Waals surface area contributed by atoms with Gasteiger partial charge in [-0.2, -0.15) is 0 Å². The maximum absolute atomic E-state index is 13.6. The fourth-order valence-electron chi connectivity index (χ4n) is 5.00. The highest BCUT2D eigenvalue weighted by Gasteiger charge is 2.45. The number of aromatic nitrogens is 2. The summed E-state index contributed by atoms with van der Waals surface area (Å²) >= 11 is 0. The molecule has 0 atom stereocenters. The number of nitrogens with zero attached hydrogens (tertiary/aromatic N) is 4. The van der Waals surface area contributed by atoms with E-state index in [1.165, 1.54) is 12.8 Å². The number of aliphatic hydroxyl groups is 1. The molecular weight excluding hydrogens is 472 g/mol. The molecule has 2 aromatic heterocycles. The van der Waals surface area contributed by atoms with Crippen LogP contribution >= 0.6 is 0 Å². The van der Waals surface area contributed by atoms with Crippen LogP contribution in [0.15, 0.2) is 24.3 Å². The van der Waals surface area contributed by atoms with Gasteiger partial charge in [-0.15, -0.1) is 0 Å². The van der Waals surface area contributed by atoms with Crippen LogP contribution in [0.5, 0.6) is 5.75 Å². The van der Waals surface area contributed by atoms with Crippen LogP contribution in [-0.2, 0) is 4.74 Å². The van der Waals surface area contributed by atoms with Gasteiger partial charge in [0.05, 0.1) is 38.0 Å². The van der Waals surface area contributed by atoms with Crippen LogP contribution in [0.1, 0.15) is 49.9 Å². The van der Waals surface area contributed by atoms with Crippen LogP contribution in [0.3, 0.4) is 0 Å². The lowest BCUT2D eigenvalue weighted by Gasteiger charge is -2.34. The van der Waals surface area contributed by atoms with Gasteiger partial charge in [0.1, 0.15) is 29.0 Å². The number of aliphatic hydroxyl groups excluding tert-OH is 1. The smallest absolute Gasteiger partial charge is 0.260 e. The maximum atomic E-state index is 13.6. The minimum atomic E-state index is -0.533. The number of rotatable bonds is 8. The Bertz CT molecular complexity index is 1120. The maximum Gasteiger partial charge on any atom is 0.260 e. The van der Waals surface area contributed by atoms with Gasteiger partial charge in [-0.3, -0.25) is 4.79 Å². The standard InChI is InChI=1S/C27H38N6O4/c1-26(2,18-34)31-21-5-4-20(24(29-21)33-10-8-27(6-7-27)9-11-33)25(35)30-22-16-19(36-3)17-23(28-22)32-12-14-37-15-13-32/h4-5,16-17,34H,6-15,18H2,1-3H3,(H,29,31)(H,28,30,35). The van der Waals surface area contributed by atoms with Crippen LogP contribution in [-0.4, -0.2) is 79.6 Å². The quantitative estimate of drug-likeness (QED) is 0.493. The first-order valence-electron chi connectivity index (χ1n) is 13.1. The van der Waals surface area contributed by atoms with Crippen LogP contribution in [0.2, 0.25) is 0 Å². The number of morpholine rings is 1. The Labute approximate surface area is 218 Å². The number of methoxy groups -OCH3 is 1. The van der Waals surface area contributed by atoms with Crippen LogP contribution < -0.4 is 25.2 Å². The Morgan fingerprint density at radius 3 is 2.43 bits per heavy atom. The van der Waals surface area contributed by atoms with Crippen molar-refractivity contribution in [2.24, 2.45) is 5.41 Å². The molecule has 200 valence electrons. The van der Waals surface area contributed by atoms with E-state index < -0.39 is 5.54 Å². The van der Waals surface area contributed by atoms with E-state index in [0.29, 0.717) is 47.4 Å². The second kappa shape index (κ2) is 10.3. The molecule has 0 radical (unpaired) electrons. The first-order chi connectivity index (χ1) is 17.8. The third-order valence-corrected chi connectivity index (χ3v) is 7.66. The molecule has 2 saturated heterocycles. The molecule has 1 spiro atoms. The van der Waals surface area contributed by atoms with E-state index in [1.54, 1.807) is 25.3 Å². The largest absolute Gasteiger partial charge is 0.496 e. The molecule has 3 fully saturated rings. The van der Waals surface area contributed by atoms with E-state index >= 15 is 0 Å². The Balaban J connectivity index is 1.41. The Morgan fingerprint density at radius 2 is 1.78 bits per heavy atom. The minimum absolute atomic E-state index is 0.0362. The van der Waals surface area contributed by atoms with Crippen molar-refractivity contribution in [3.63, 3.8) is 0 Å². The fourth-order valence-corrected chi connectivity index (χ4v) is 5.00. The number of hydrogen-bond donors (Lipinski definition) is 3. The normalized spacial score (nSPS) is 19.0. The van der Waals surface area contributed by atoms with E-state index in [0.717, 1.165) is 44.8 Å². The van der Waals surface area contributed by atoms with Crippen molar-refractivity contribution in [2.75, 3.05) is 73.5 Å². The number of carbonyl (C=O) groups excluding carboxylic acids is 1. The molecule has 37 heavy (non-hydrogen) atoms. The molecule has 1 saturated carbocycles. The molecule has 3 N–H and O–H groups in total. The monoisotopic (exact) mass is 510 g/mol. The molecular formula is C27H38N6O4. The molecule has 0 unspecified atom stereocenters. The van der Waals surface area contributed by atoms with Crippen molar-refractivity contribution >= 4 is 29.2 Å². The first-order valence-corrected chi connectivity index (χ1v) is 13.1. The van der Waals surface area contributed by atoms with E-state index in [4.69, 9.17) is 19.4 Å². The average molecular weight is 511 g/mol. The SMILES string of the molecule is COc1cc(NC(=O)c2ccc(NC(C)(C)CO)nc2N2CCC3(CC2)CC3)nc(N2CCOCC2)c1. The highest BCUT2D eigenvalue weighted by molar-refractivity contribution is 6.07. The summed E-state index contributed by atoms with van der Waals surface area (Å²) in [5.74, 6) is 2.82. The van der Waals surface area contributed by atoms with E-state index in [1.807, 2.05) is 19.9 Å². The summed E-state index contributed by atoms with van der Waals surface area (Å²) < 4.78 is 11.0. The van der Waals surface area contributed by atoms with Crippen molar-refractivity contribution in [1.29, 1.82) is 0 Å². The second-order valence-electron chi connectivity index (χ2n) is 11.0. The van der Waals surface area contributed by atoms with Gasteiger partial charge in [0, 0.05) is 38.3 Å².